The average molecular weight is 311 g/mol. The van der Waals surface area contributed by atoms with Crippen molar-refractivity contribution in [3.63, 3.8) is 0 Å². The second-order valence-corrected chi connectivity index (χ2v) is 5.57. The molecule has 0 bridgehead atoms. The second kappa shape index (κ2) is 6.20. The molecule has 0 aliphatic heterocycles. The third kappa shape index (κ3) is 3.08. The number of halogens is 1. The highest BCUT2D eigenvalue weighted by Gasteiger charge is 2.18. The number of carbonyl (C=O) groups excluding carboxylic acids is 1. The molecule has 2 aromatic carbocycles. The third-order valence-electron chi connectivity index (χ3n) is 3.92. The molecule has 1 aromatic heterocycles. The molecule has 0 spiro atoms. The fourth-order valence-corrected chi connectivity index (χ4v) is 2.59. The Hall–Kier alpha value is -2.69. The maximum Gasteiger partial charge on any atom is 0.244 e. The van der Waals surface area contributed by atoms with Crippen molar-refractivity contribution in [2.75, 3.05) is 0 Å². The van der Waals surface area contributed by atoms with Crippen LogP contribution in [0.4, 0.5) is 4.39 Å². The Morgan fingerprint density at radius 1 is 1.22 bits per heavy atom. The SMILES string of the molecule is Cc1nn(C(C)C(=O)NCc2ccc(F)cc2)c2ccccc12. The quantitative estimate of drug-likeness (QED) is 0.803. The Labute approximate surface area is 133 Å². The molecule has 3 aromatic rings. The Bertz CT molecular complexity index is 839. The smallest absolute Gasteiger partial charge is 0.244 e. The van der Waals surface area contributed by atoms with E-state index in [-0.39, 0.29) is 11.7 Å². The van der Waals surface area contributed by atoms with Crippen LogP contribution in [-0.2, 0) is 11.3 Å². The summed E-state index contributed by atoms with van der Waals surface area (Å²) in [7, 11) is 0. The summed E-state index contributed by atoms with van der Waals surface area (Å²) in [5.41, 5.74) is 2.70. The lowest BCUT2D eigenvalue weighted by atomic mass is 10.2. The minimum absolute atomic E-state index is 0.123. The van der Waals surface area contributed by atoms with Gasteiger partial charge >= 0.3 is 0 Å². The first-order chi connectivity index (χ1) is 11.1. The highest BCUT2D eigenvalue weighted by molar-refractivity contribution is 5.86. The maximum atomic E-state index is 12.9. The van der Waals surface area contributed by atoms with Crippen LogP contribution in [0.1, 0.15) is 24.2 Å². The van der Waals surface area contributed by atoms with E-state index in [1.54, 1.807) is 16.8 Å². The number of aromatic nitrogens is 2. The summed E-state index contributed by atoms with van der Waals surface area (Å²) in [5, 5.41) is 8.40. The first-order valence-corrected chi connectivity index (χ1v) is 7.52. The highest BCUT2D eigenvalue weighted by atomic mass is 19.1. The first kappa shape index (κ1) is 15.2. The minimum Gasteiger partial charge on any atom is -0.350 e. The summed E-state index contributed by atoms with van der Waals surface area (Å²) in [6.45, 7) is 4.11. The van der Waals surface area contributed by atoms with Gasteiger partial charge < -0.3 is 5.32 Å². The normalized spacial score (nSPS) is 12.3. The number of rotatable bonds is 4. The van der Waals surface area contributed by atoms with Gasteiger partial charge in [-0.1, -0.05) is 30.3 Å². The van der Waals surface area contributed by atoms with Crippen LogP contribution in [0.3, 0.4) is 0 Å². The predicted molar refractivity (Wildman–Crippen MR) is 87.4 cm³/mol. The monoisotopic (exact) mass is 311 g/mol. The summed E-state index contributed by atoms with van der Waals surface area (Å²) < 4.78 is 14.6. The second-order valence-electron chi connectivity index (χ2n) is 5.57. The number of nitrogens with one attached hydrogen (secondary N) is 1. The Balaban J connectivity index is 1.75. The number of para-hydroxylation sites is 1. The summed E-state index contributed by atoms with van der Waals surface area (Å²) in [5.74, 6) is -0.408. The van der Waals surface area contributed by atoms with Crippen molar-refractivity contribution >= 4 is 16.8 Å². The molecule has 3 rings (SSSR count). The predicted octanol–water partition coefficient (Wildman–Crippen LogP) is 3.36. The molecule has 4 nitrogen and oxygen atoms in total. The zero-order valence-corrected chi connectivity index (χ0v) is 13.1. The van der Waals surface area contributed by atoms with E-state index in [0.29, 0.717) is 6.54 Å². The van der Waals surface area contributed by atoms with Crippen LogP contribution in [-0.4, -0.2) is 15.7 Å². The molecular formula is C18H18FN3O. The van der Waals surface area contributed by atoms with Gasteiger partial charge in [0.05, 0.1) is 11.2 Å². The number of hydrogen-bond acceptors (Lipinski definition) is 2. The van der Waals surface area contributed by atoms with Crippen LogP contribution in [0, 0.1) is 12.7 Å². The molecule has 0 fully saturated rings. The van der Waals surface area contributed by atoms with Crippen LogP contribution in [0.5, 0.6) is 0 Å². The van der Waals surface area contributed by atoms with Gasteiger partial charge in [0.2, 0.25) is 5.91 Å². The Morgan fingerprint density at radius 2 is 1.91 bits per heavy atom. The Morgan fingerprint density at radius 3 is 2.65 bits per heavy atom. The van der Waals surface area contributed by atoms with Gasteiger partial charge in [0.25, 0.3) is 0 Å². The summed E-state index contributed by atoms with van der Waals surface area (Å²) in [6.07, 6.45) is 0. The molecule has 1 heterocycles. The number of nitrogens with zero attached hydrogens (tertiary/aromatic N) is 2. The van der Waals surface area contributed by atoms with Crippen molar-refractivity contribution in [2.24, 2.45) is 0 Å². The summed E-state index contributed by atoms with van der Waals surface area (Å²) in [4.78, 5) is 12.4. The van der Waals surface area contributed by atoms with Gasteiger partial charge in [0, 0.05) is 11.9 Å². The van der Waals surface area contributed by atoms with Crippen LogP contribution in [0.15, 0.2) is 48.5 Å². The van der Waals surface area contributed by atoms with E-state index in [4.69, 9.17) is 0 Å². The maximum absolute atomic E-state index is 12.9. The van der Waals surface area contributed by atoms with E-state index in [0.717, 1.165) is 22.2 Å². The standard InChI is InChI=1S/C18H18FN3O/c1-12-16-5-3-4-6-17(16)22(21-12)13(2)18(23)20-11-14-7-9-15(19)10-8-14/h3-10,13H,11H2,1-2H3,(H,20,23). The van der Waals surface area contributed by atoms with Crippen molar-refractivity contribution in [3.05, 3.63) is 65.6 Å². The molecule has 1 N–H and O–H groups in total. The molecule has 1 atom stereocenters. The molecule has 1 unspecified atom stereocenters. The number of benzene rings is 2. The lowest BCUT2D eigenvalue weighted by Gasteiger charge is -2.14. The average Bonchev–Trinajstić information content (AvgIpc) is 2.91. The van der Waals surface area contributed by atoms with Crippen molar-refractivity contribution in [1.29, 1.82) is 0 Å². The molecule has 0 aliphatic carbocycles. The molecule has 23 heavy (non-hydrogen) atoms. The largest absolute Gasteiger partial charge is 0.350 e. The molecule has 0 aliphatic rings. The lowest BCUT2D eigenvalue weighted by Crippen LogP contribution is -2.31. The first-order valence-electron chi connectivity index (χ1n) is 7.52. The number of hydrogen-bond donors (Lipinski definition) is 1. The third-order valence-corrected chi connectivity index (χ3v) is 3.92. The van der Waals surface area contributed by atoms with Gasteiger partial charge in [0.15, 0.2) is 0 Å². The molecule has 1 amide bonds. The van der Waals surface area contributed by atoms with E-state index in [1.165, 1.54) is 12.1 Å². The van der Waals surface area contributed by atoms with Crippen molar-refractivity contribution in [2.45, 2.75) is 26.4 Å². The van der Waals surface area contributed by atoms with Gasteiger partial charge in [-0.25, -0.2) is 4.39 Å². The lowest BCUT2D eigenvalue weighted by molar-refractivity contribution is -0.124. The number of amides is 1. The van der Waals surface area contributed by atoms with Gasteiger partial charge in [-0.05, 0) is 37.6 Å². The highest BCUT2D eigenvalue weighted by Crippen LogP contribution is 2.21. The van der Waals surface area contributed by atoms with E-state index in [2.05, 4.69) is 10.4 Å². The molecule has 118 valence electrons. The molecule has 5 heteroatoms. The molecule has 0 saturated carbocycles. The fraction of sp³-hybridized carbons (Fsp3) is 0.222. The number of carbonyl (C=O) groups is 1. The van der Waals surface area contributed by atoms with Crippen LogP contribution < -0.4 is 5.32 Å². The van der Waals surface area contributed by atoms with Crippen molar-refractivity contribution in [1.82, 2.24) is 15.1 Å². The van der Waals surface area contributed by atoms with Crippen molar-refractivity contribution in [3.8, 4) is 0 Å². The van der Waals surface area contributed by atoms with E-state index < -0.39 is 6.04 Å². The topological polar surface area (TPSA) is 46.9 Å². The van der Waals surface area contributed by atoms with Gasteiger partial charge in [-0.3, -0.25) is 9.48 Å². The number of fused-ring (bicyclic) bond motifs is 1. The zero-order chi connectivity index (χ0) is 16.4. The van der Waals surface area contributed by atoms with E-state index in [9.17, 15) is 9.18 Å². The Kier molecular flexibility index (Phi) is 4.10. The van der Waals surface area contributed by atoms with E-state index >= 15 is 0 Å². The minimum atomic E-state index is -0.422. The van der Waals surface area contributed by atoms with Crippen LogP contribution in [0.2, 0.25) is 0 Å². The summed E-state index contributed by atoms with van der Waals surface area (Å²) in [6, 6.07) is 13.5. The van der Waals surface area contributed by atoms with Gasteiger partial charge in [-0.2, -0.15) is 5.10 Å². The molecule has 0 saturated heterocycles. The van der Waals surface area contributed by atoms with Crippen LogP contribution >= 0.6 is 0 Å². The van der Waals surface area contributed by atoms with Gasteiger partial charge in [-0.15, -0.1) is 0 Å². The zero-order valence-electron chi connectivity index (χ0n) is 13.1. The molecule has 0 radical (unpaired) electrons. The number of aryl methyl sites for hydroxylation is 1. The fourth-order valence-electron chi connectivity index (χ4n) is 2.59. The van der Waals surface area contributed by atoms with E-state index in [1.807, 2.05) is 38.1 Å². The van der Waals surface area contributed by atoms with Gasteiger partial charge in [0.1, 0.15) is 11.9 Å². The summed E-state index contributed by atoms with van der Waals surface area (Å²) >= 11 is 0. The molecular weight excluding hydrogens is 293 g/mol. The van der Waals surface area contributed by atoms with Crippen molar-refractivity contribution < 1.29 is 9.18 Å². The van der Waals surface area contributed by atoms with Crippen LogP contribution in [0.25, 0.3) is 10.9 Å².